The van der Waals surface area contributed by atoms with E-state index in [1.165, 1.54) is 13.8 Å². The molecular formula is C45H58O8. The molecule has 11 aliphatic rings. The SMILES string of the molecule is COC12CC(=O)C3(C(CC4CC5CCC6=CC(=O)CCC6(OC(C)=O)C5CC43C)C1)C1CC3C4CCC5=CC(=O)CCC5(OC(C)=O)C4CCC3(C)C12. The summed E-state index contributed by atoms with van der Waals surface area (Å²) in [5.41, 5.74) is -0.605. The van der Waals surface area contributed by atoms with Gasteiger partial charge in [-0.1, -0.05) is 13.8 Å². The van der Waals surface area contributed by atoms with Gasteiger partial charge in [-0.3, -0.25) is 24.0 Å². The zero-order valence-corrected chi connectivity index (χ0v) is 32.4. The first-order valence-electron chi connectivity index (χ1n) is 21.1. The predicted octanol–water partition coefficient (Wildman–Crippen LogP) is 7.46. The Morgan fingerprint density at radius 2 is 1.34 bits per heavy atom. The number of methoxy groups -OCH3 is 1. The topological polar surface area (TPSA) is 113 Å². The van der Waals surface area contributed by atoms with Crippen LogP contribution in [0.2, 0.25) is 0 Å². The lowest BCUT2D eigenvalue weighted by molar-refractivity contribution is -0.245. The van der Waals surface area contributed by atoms with Crippen molar-refractivity contribution in [1.82, 2.24) is 0 Å². The van der Waals surface area contributed by atoms with Crippen molar-refractivity contribution in [2.45, 2.75) is 147 Å². The van der Waals surface area contributed by atoms with Gasteiger partial charge >= 0.3 is 11.9 Å². The molecule has 8 heteroatoms. The van der Waals surface area contributed by atoms with Crippen LogP contribution in [-0.2, 0) is 38.2 Å². The van der Waals surface area contributed by atoms with E-state index in [4.69, 9.17) is 14.2 Å². The summed E-state index contributed by atoms with van der Waals surface area (Å²) in [5.74, 6) is 2.71. The summed E-state index contributed by atoms with van der Waals surface area (Å²) in [6.45, 7) is 8.03. The second-order valence-corrected chi connectivity index (χ2v) is 20.4. The highest BCUT2D eigenvalue weighted by Gasteiger charge is 2.83. The van der Waals surface area contributed by atoms with Crippen molar-refractivity contribution in [1.29, 1.82) is 0 Å². The van der Waals surface area contributed by atoms with Crippen LogP contribution >= 0.6 is 0 Å². The number of fused-ring (bicyclic) bond motifs is 10. The van der Waals surface area contributed by atoms with Crippen molar-refractivity contribution >= 4 is 29.3 Å². The summed E-state index contributed by atoms with van der Waals surface area (Å²) in [5, 5.41) is 0. The minimum atomic E-state index is -0.754. The number of hydrogen-bond donors (Lipinski definition) is 0. The molecule has 53 heavy (non-hydrogen) atoms. The van der Waals surface area contributed by atoms with Crippen LogP contribution in [0.25, 0.3) is 0 Å². The van der Waals surface area contributed by atoms with E-state index in [0.29, 0.717) is 61.6 Å². The molecule has 2 bridgehead atoms. The molecule has 0 aliphatic heterocycles. The molecule has 0 N–H and O–H groups in total. The molecule has 8 nitrogen and oxygen atoms in total. The molecule has 15 atom stereocenters. The van der Waals surface area contributed by atoms with E-state index in [1.54, 1.807) is 12.2 Å². The molecule has 0 saturated heterocycles. The first-order chi connectivity index (χ1) is 25.2. The fourth-order valence-corrected chi connectivity index (χ4v) is 17.9. The van der Waals surface area contributed by atoms with Crippen LogP contribution in [0.15, 0.2) is 23.3 Å². The van der Waals surface area contributed by atoms with Gasteiger partial charge in [0.15, 0.2) is 11.6 Å². The summed E-state index contributed by atoms with van der Waals surface area (Å²) in [6.07, 6.45) is 16.5. The smallest absolute Gasteiger partial charge is 0.303 e. The summed E-state index contributed by atoms with van der Waals surface area (Å²) in [4.78, 5) is 66.5. The summed E-state index contributed by atoms with van der Waals surface area (Å²) < 4.78 is 19.6. The third-order valence-corrected chi connectivity index (χ3v) is 19.1. The number of hydrogen-bond acceptors (Lipinski definition) is 8. The average Bonchev–Trinajstić information content (AvgIpc) is 3.57. The molecule has 9 saturated carbocycles. The summed E-state index contributed by atoms with van der Waals surface area (Å²) >= 11 is 0. The van der Waals surface area contributed by atoms with E-state index in [9.17, 15) is 19.2 Å². The molecule has 0 radical (unpaired) electrons. The van der Waals surface area contributed by atoms with E-state index in [-0.39, 0.29) is 63.9 Å². The van der Waals surface area contributed by atoms with Crippen molar-refractivity contribution in [2.24, 2.45) is 69.5 Å². The van der Waals surface area contributed by atoms with Crippen molar-refractivity contribution in [3.05, 3.63) is 23.3 Å². The average molecular weight is 727 g/mol. The third-order valence-electron chi connectivity index (χ3n) is 19.1. The third kappa shape index (κ3) is 4.10. The van der Waals surface area contributed by atoms with Gasteiger partial charge in [-0.2, -0.15) is 0 Å². The van der Waals surface area contributed by atoms with Gasteiger partial charge in [0, 0.05) is 57.5 Å². The number of carbonyl (C=O) groups excluding carboxylic acids is 5. The summed E-state index contributed by atoms with van der Waals surface area (Å²) in [6, 6.07) is 0. The van der Waals surface area contributed by atoms with E-state index in [0.717, 1.165) is 81.8 Å². The Balaban J connectivity index is 1.08. The number of Topliss-reactive ketones (excluding diaryl/α,β-unsaturated/α-hetero) is 1. The molecule has 1 spiro atoms. The zero-order chi connectivity index (χ0) is 37.1. The second kappa shape index (κ2) is 11.0. The minimum absolute atomic E-state index is 0.0152. The van der Waals surface area contributed by atoms with Gasteiger partial charge < -0.3 is 14.2 Å². The maximum atomic E-state index is 15.4. The fourth-order valence-electron chi connectivity index (χ4n) is 17.9. The number of rotatable bonds is 3. The lowest BCUT2D eigenvalue weighted by atomic mass is 9.36. The lowest BCUT2D eigenvalue weighted by Crippen LogP contribution is -2.71. The van der Waals surface area contributed by atoms with Crippen LogP contribution in [0.4, 0.5) is 0 Å². The van der Waals surface area contributed by atoms with Gasteiger partial charge in [-0.05, 0) is 159 Å². The molecule has 0 aromatic carbocycles. The number of carbonyl (C=O) groups is 5. The predicted molar refractivity (Wildman–Crippen MR) is 194 cm³/mol. The Bertz CT molecular complexity index is 1790. The van der Waals surface area contributed by atoms with Crippen LogP contribution in [0, 0.1) is 69.5 Å². The van der Waals surface area contributed by atoms with Gasteiger partial charge in [0.1, 0.15) is 17.0 Å². The lowest BCUT2D eigenvalue weighted by Gasteiger charge is -2.69. The van der Waals surface area contributed by atoms with Crippen LogP contribution in [0.3, 0.4) is 0 Å². The largest absolute Gasteiger partial charge is 0.454 e. The molecule has 0 aromatic rings. The number of ketones is 3. The first kappa shape index (κ1) is 34.8. The van der Waals surface area contributed by atoms with Crippen molar-refractivity contribution < 1.29 is 38.2 Å². The number of allylic oxidation sites excluding steroid dienone is 1. The molecule has 0 amide bonds. The van der Waals surface area contributed by atoms with Crippen molar-refractivity contribution in [3.63, 3.8) is 0 Å². The second-order valence-electron chi connectivity index (χ2n) is 20.4. The van der Waals surface area contributed by atoms with Gasteiger partial charge in [0.2, 0.25) is 0 Å². The van der Waals surface area contributed by atoms with E-state index in [1.807, 2.05) is 7.11 Å². The van der Waals surface area contributed by atoms with Crippen LogP contribution in [0.5, 0.6) is 0 Å². The Hall–Kier alpha value is -2.61. The molecule has 0 aromatic heterocycles. The van der Waals surface area contributed by atoms with Gasteiger partial charge in [-0.25, -0.2) is 0 Å². The highest BCUT2D eigenvalue weighted by atomic mass is 16.6. The maximum Gasteiger partial charge on any atom is 0.303 e. The first-order valence-corrected chi connectivity index (χ1v) is 21.1. The Morgan fingerprint density at radius 1 is 0.698 bits per heavy atom. The highest BCUT2D eigenvalue weighted by molar-refractivity contribution is 5.93. The molecule has 286 valence electrons. The van der Waals surface area contributed by atoms with Crippen molar-refractivity contribution in [3.8, 4) is 0 Å². The Labute approximate surface area is 314 Å². The molecule has 11 rings (SSSR count). The fraction of sp³-hybridized carbons (Fsp3) is 0.800. The molecular weight excluding hydrogens is 668 g/mol. The van der Waals surface area contributed by atoms with Gasteiger partial charge in [0.25, 0.3) is 0 Å². The number of ether oxygens (including phenoxy) is 3. The standard InChI is InChI=1S/C45H58O8/c1-24(46)52-43-14-10-31(48)19-28(43)8-9-33-34(43)12-13-40(3)35(33)20-36-39(40)42(51-5)21-30-17-29-16-26-6-7-27-18-32(49)11-15-44(27,53-25(2)47)37(26)22-41(29,4)45(30,36)38(50)23-42/h18-19,26,29-30,33-37,39H,6-17,20-23H2,1-5H3. The molecule has 0 heterocycles. The van der Waals surface area contributed by atoms with Crippen LogP contribution in [-0.4, -0.2) is 53.2 Å². The van der Waals surface area contributed by atoms with E-state index in [2.05, 4.69) is 13.8 Å². The Morgan fingerprint density at radius 3 is 1.98 bits per heavy atom. The van der Waals surface area contributed by atoms with Crippen LogP contribution in [0.1, 0.15) is 130 Å². The van der Waals surface area contributed by atoms with Crippen LogP contribution < -0.4 is 0 Å². The molecule has 11 aliphatic carbocycles. The summed E-state index contributed by atoms with van der Waals surface area (Å²) in [7, 11) is 1.87. The number of esters is 2. The van der Waals surface area contributed by atoms with Gasteiger partial charge in [0.05, 0.1) is 5.60 Å². The quantitative estimate of drug-likeness (QED) is 0.276. The Kier molecular flexibility index (Phi) is 7.25. The minimum Gasteiger partial charge on any atom is -0.454 e. The zero-order valence-electron chi connectivity index (χ0n) is 32.4. The molecule has 9 fully saturated rings. The van der Waals surface area contributed by atoms with E-state index < -0.39 is 22.2 Å². The van der Waals surface area contributed by atoms with Gasteiger partial charge in [-0.15, -0.1) is 0 Å². The monoisotopic (exact) mass is 726 g/mol. The molecule has 15 unspecified atom stereocenters. The normalized spacial score (nSPS) is 53.0. The maximum absolute atomic E-state index is 15.4. The highest BCUT2D eigenvalue weighted by Crippen LogP contribution is 2.84. The van der Waals surface area contributed by atoms with E-state index >= 15 is 4.79 Å². The van der Waals surface area contributed by atoms with Crippen molar-refractivity contribution in [2.75, 3.05) is 7.11 Å².